The van der Waals surface area contributed by atoms with E-state index >= 15 is 0 Å². The highest BCUT2D eigenvalue weighted by Gasteiger charge is 2.32. The van der Waals surface area contributed by atoms with E-state index in [1.54, 1.807) is 24.3 Å². The average Bonchev–Trinajstić information content (AvgIpc) is 2.36. The van der Waals surface area contributed by atoms with Crippen molar-refractivity contribution in [2.45, 2.75) is 20.3 Å². The van der Waals surface area contributed by atoms with E-state index in [0.717, 1.165) is 6.42 Å². The molecule has 0 radical (unpaired) electrons. The smallest absolute Gasteiger partial charge is 0.205 e. The van der Waals surface area contributed by atoms with Crippen LogP contribution in [0.25, 0.3) is 0 Å². The zero-order chi connectivity index (χ0) is 12.6. The Morgan fingerprint density at radius 3 is 2.18 bits per heavy atom. The lowest BCUT2D eigenvalue weighted by atomic mass is 9.83. The predicted molar refractivity (Wildman–Crippen MR) is 67.4 cm³/mol. The van der Waals surface area contributed by atoms with Crippen LogP contribution < -0.4 is 0 Å². The minimum Gasteiger partial charge on any atom is -0.289 e. The second-order valence-electron chi connectivity index (χ2n) is 4.24. The van der Waals surface area contributed by atoms with Crippen LogP contribution in [-0.2, 0) is 0 Å². The molecule has 17 heavy (non-hydrogen) atoms. The van der Waals surface area contributed by atoms with Crippen LogP contribution >= 0.6 is 11.6 Å². The maximum atomic E-state index is 12.3. The first-order chi connectivity index (χ1) is 8.07. The van der Waals surface area contributed by atoms with Crippen LogP contribution in [0.15, 0.2) is 34.9 Å². The summed E-state index contributed by atoms with van der Waals surface area (Å²) in [5.74, 6) is -0.343. The van der Waals surface area contributed by atoms with E-state index in [4.69, 9.17) is 11.6 Å². The fourth-order valence-corrected chi connectivity index (χ4v) is 2.38. The van der Waals surface area contributed by atoms with Gasteiger partial charge in [-0.2, -0.15) is 0 Å². The molecule has 1 atom stereocenters. The molecular weight excluding hydrogens is 236 g/mol. The summed E-state index contributed by atoms with van der Waals surface area (Å²) in [4.78, 5) is 24.3. The molecule has 0 saturated heterocycles. The Balaban J connectivity index is 2.62. The number of halogens is 1. The van der Waals surface area contributed by atoms with Gasteiger partial charge >= 0.3 is 0 Å². The van der Waals surface area contributed by atoms with Crippen LogP contribution in [0, 0.1) is 5.92 Å². The number of benzene rings is 1. The highest BCUT2D eigenvalue weighted by molar-refractivity contribution is 6.50. The van der Waals surface area contributed by atoms with Crippen molar-refractivity contribution in [3.63, 3.8) is 0 Å². The summed E-state index contributed by atoms with van der Waals surface area (Å²) < 4.78 is 0. The molecule has 0 N–H and O–H groups in total. The highest BCUT2D eigenvalue weighted by Crippen LogP contribution is 2.33. The summed E-state index contributed by atoms with van der Waals surface area (Å²) in [7, 11) is 0. The molecule has 0 aliphatic heterocycles. The summed E-state index contributed by atoms with van der Waals surface area (Å²) in [6, 6.07) is 6.83. The largest absolute Gasteiger partial charge is 0.289 e. The summed E-state index contributed by atoms with van der Waals surface area (Å²) in [5, 5.41) is 0.0862. The number of ketones is 2. The molecule has 2 rings (SSSR count). The molecule has 1 aliphatic rings. The Kier molecular flexibility index (Phi) is 3.16. The third kappa shape index (κ3) is 1.83. The summed E-state index contributed by atoms with van der Waals surface area (Å²) in [5.41, 5.74) is 1.34. The first-order valence-corrected chi connectivity index (χ1v) is 6.03. The van der Waals surface area contributed by atoms with Crippen LogP contribution in [0.3, 0.4) is 0 Å². The molecule has 88 valence electrons. The Morgan fingerprint density at radius 2 is 1.65 bits per heavy atom. The predicted octanol–water partition coefficient (Wildman–Crippen LogP) is 3.60. The monoisotopic (exact) mass is 248 g/mol. The van der Waals surface area contributed by atoms with Crippen molar-refractivity contribution < 1.29 is 9.59 Å². The molecule has 0 amide bonds. The molecule has 1 aliphatic carbocycles. The van der Waals surface area contributed by atoms with Gasteiger partial charge in [-0.25, -0.2) is 0 Å². The molecule has 2 nitrogen and oxygen atoms in total. The van der Waals surface area contributed by atoms with E-state index in [0.29, 0.717) is 16.7 Å². The van der Waals surface area contributed by atoms with Gasteiger partial charge in [-0.3, -0.25) is 9.59 Å². The standard InChI is InChI=1S/C14H13ClO2/c1-3-8(2)11-12(15)14(17)10-7-5-4-6-9(10)13(11)16/h4-8H,3H2,1-2H3. The lowest BCUT2D eigenvalue weighted by molar-refractivity contribution is 0.0972. The van der Waals surface area contributed by atoms with Crippen molar-refractivity contribution >= 4 is 23.2 Å². The molecule has 0 heterocycles. The van der Waals surface area contributed by atoms with Crippen LogP contribution in [0.1, 0.15) is 41.0 Å². The Bertz CT molecular complexity index is 529. The number of hydrogen-bond acceptors (Lipinski definition) is 2. The van der Waals surface area contributed by atoms with Crippen molar-refractivity contribution in [1.29, 1.82) is 0 Å². The maximum Gasteiger partial charge on any atom is 0.205 e. The molecule has 0 fully saturated rings. The second kappa shape index (κ2) is 4.46. The van der Waals surface area contributed by atoms with Gasteiger partial charge < -0.3 is 0 Å². The first kappa shape index (κ1) is 12.1. The Morgan fingerprint density at radius 1 is 1.12 bits per heavy atom. The molecule has 1 aromatic carbocycles. The van der Waals surface area contributed by atoms with Gasteiger partial charge in [0, 0.05) is 16.7 Å². The molecule has 0 spiro atoms. The summed E-state index contributed by atoms with van der Waals surface area (Å²) >= 11 is 6.04. The molecule has 0 bridgehead atoms. The number of fused-ring (bicyclic) bond motifs is 1. The molecule has 0 aromatic heterocycles. The van der Waals surface area contributed by atoms with Gasteiger partial charge in [0.25, 0.3) is 0 Å². The van der Waals surface area contributed by atoms with Gasteiger partial charge in [0.15, 0.2) is 5.78 Å². The number of rotatable bonds is 2. The van der Waals surface area contributed by atoms with Crippen LogP contribution in [0.2, 0.25) is 0 Å². The van der Waals surface area contributed by atoms with Gasteiger partial charge in [-0.05, 0) is 12.3 Å². The number of hydrogen-bond donors (Lipinski definition) is 0. The van der Waals surface area contributed by atoms with E-state index in [9.17, 15) is 9.59 Å². The average molecular weight is 249 g/mol. The van der Waals surface area contributed by atoms with Gasteiger partial charge in [0.1, 0.15) is 0 Å². The lowest BCUT2D eigenvalue weighted by Gasteiger charge is -2.21. The first-order valence-electron chi connectivity index (χ1n) is 5.66. The van der Waals surface area contributed by atoms with Crippen LogP contribution in [0.5, 0.6) is 0 Å². The Labute approximate surface area is 105 Å². The van der Waals surface area contributed by atoms with E-state index in [1.807, 2.05) is 13.8 Å². The number of carbonyl (C=O) groups excluding carboxylic acids is 2. The number of Topliss-reactive ketones (excluding diaryl/α,β-unsaturated/α-hetero) is 2. The van der Waals surface area contributed by atoms with E-state index in [1.165, 1.54) is 0 Å². The van der Waals surface area contributed by atoms with Gasteiger partial charge in [0.2, 0.25) is 5.78 Å². The minimum atomic E-state index is -0.239. The van der Waals surface area contributed by atoms with Crippen molar-refractivity contribution in [2.75, 3.05) is 0 Å². The molecule has 3 heteroatoms. The van der Waals surface area contributed by atoms with E-state index in [-0.39, 0.29) is 22.5 Å². The summed E-state index contributed by atoms with van der Waals surface area (Å²) in [6.45, 7) is 3.89. The highest BCUT2D eigenvalue weighted by atomic mass is 35.5. The Hall–Kier alpha value is -1.41. The molecular formula is C14H13ClO2. The molecule has 1 unspecified atom stereocenters. The number of allylic oxidation sites excluding steroid dienone is 2. The maximum absolute atomic E-state index is 12.3. The van der Waals surface area contributed by atoms with Crippen molar-refractivity contribution in [2.24, 2.45) is 5.92 Å². The topological polar surface area (TPSA) is 34.1 Å². The SMILES string of the molecule is CCC(C)C1=C(Cl)C(=O)c2ccccc2C1=O. The van der Waals surface area contributed by atoms with Crippen molar-refractivity contribution in [1.82, 2.24) is 0 Å². The van der Waals surface area contributed by atoms with Crippen LogP contribution in [-0.4, -0.2) is 11.6 Å². The van der Waals surface area contributed by atoms with E-state index < -0.39 is 0 Å². The fourth-order valence-electron chi connectivity index (χ4n) is 2.01. The van der Waals surface area contributed by atoms with E-state index in [2.05, 4.69) is 0 Å². The van der Waals surface area contributed by atoms with Crippen LogP contribution in [0.4, 0.5) is 0 Å². The quantitative estimate of drug-likeness (QED) is 0.801. The van der Waals surface area contributed by atoms with Crippen molar-refractivity contribution in [3.05, 3.63) is 46.0 Å². The molecule has 1 aromatic rings. The van der Waals surface area contributed by atoms with Crippen molar-refractivity contribution in [3.8, 4) is 0 Å². The minimum absolute atomic E-state index is 0.00676. The molecule has 0 saturated carbocycles. The third-order valence-electron chi connectivity index (χ3n) is 3.20. The van der Waals surface area contributed by atoms with Gasteiger partial charge in [-0.15, -0.1) is 0 Å². The zero-order valence-electron chi connectivity index (χ0n) is 9.79. The fraction of sp³-hybridized carbons (Fsp3) is 0.286. The zero-order valence-corrected chi connectivity index (χ0v) is 10.5. The lowest BCUT2D eigenvalue weighted by Crippen LogP contribution is -2.23. The third-order valence-corrected chi connectivity index (χ3v) is 3.58. The number of carbonyl (C=O) groups is 2. The second-order valence-corrected chi connectivity index (χ2v) is 4.62. The summed E-state index contributed by atoms with van der Waals surface area (Å²) in [6.07, 6.45) is 0.784. The van der Waals surface area contributed by atoms with Gasteiger partial charge in [-0.1, -0.05) is 49.7 Å². The van der Waals surface area contributed by atoms with Gasteiger partial charge in [0.05, 0.1) is 5.03 Å². The normalized spacial score (nSPS) is 17.1.